The maximum absolute atomic E-state index is 13.6. The highest BCUT2D eigenvalue weighted by atomic mass is 35.5. The van der Waals surface area contributed by atoms with Gasteiger partial charge in [0.15, 0.2) is 0 Å². The largest absolute Gasteiger partial charge is 0.385 e. The summed E-state index contributed by atoms with van der Waals surface area (Å²) in [6.45, 7) is 3.32. The number of rotatable bonds is 3. The highest BCUT2D eigenvalue weighted by Crippen LogP contribution is 2.34. The molecule has 0 heterocycles. The third-order valence-electron chi connectivity index (χ3n) is 3.44. The average molecular weight is 331 g/mol. The molecule has 0 fully saturated rings. The summed E-state index contributed by atoms with van der Waals surface area (Å²) >= 11 is 11.7. The van der Waals surface area contributed by atoms with Crippen LogP contribution < -0.4 is 0 Å². The van der Waals surface area contributed by atoms with Crippen molar-refractivity contribution in [2.24, 2.45) is 0 Å². The van der Waals surface area contributed by atoms with Crippen molar-refractivity contribution in [1.29, 1.82) is 0 Å². The van der Waals surface area contributed by atoms with Gasteiger partial charge < -0.3 is 5.11 Å². The van der Waals surface area contributed by atoms with Crippen LogP contribution in [0.15, 0.2) is 30.3 Å². The second kappa shape index (κ2) is 5.91. The minimum Gasteiger partial charge on any atom is -0.385 e. The van der Waals surface area contributed by atoms with Crippen LogP contribution in [0.1, 0.15) is 23.6 Å². The summed E-state index contributed by atoms with van der Waals surface area (Å²) in [5, 5.41) is 10.7. The molecule has 0 aliphatic heterocycles. The summed E-state index contributed by atoms with van der Waals surface area (Å²) in [5.74, 6) is -1.05. The van der Waals surface area contributed by atoms with Crippen molar-refractivity contribution in [2.45, 2.75) is 25.9 Å². The lowest BCUT2D eigenvalue weighted by Gasteiger charge is -2.26. The Morgan fingerprint density at radius 3 is 2.43 bits per heavy atom. The molecule has 0 bridgehead atoms. The number of hydrogen-bond donors (Lipinski definition) is 1. The van der Waals surface area contributed by atoms with E-state index in [9.17, 15) is 13.9 Å². The molecule has 1 nitrogen and oxygen atoms in total. The fraction of sp³-hybridized carbons (Fsp3) is 0.250. The van der Waals surface area contributed by atoms with E-state index in [1.54, 1.807) is 6.07 Å². The zero-order valence-electron chi connectivity index (χ0n) is 11.6. The molecule has 0 spiro atoms. The van der Waals surface area contributed by atoms with Gasteiger partial charge in [0.2, 0.25) is 0 Å². The molecule has 1 unspecified atom stereocenters. The van der Waals surface area contributed by atoms with Crippen molar-refractivity contribution in [3.63, 3.8) is 0 Å². The number of benzene rings is 2. The Labute approximate surface area is 132 Å². The molecule has 2 aromatic rings. The second-order valence-corrected chi connectivity index (χ2v) is 6.08. The summed E-state index contributed by atoms with van der Waals surface area (Å²) in [6.07, 6.45) is 0.109. The maximum atomic E-state index is 13.6. The molecule has 5 heteroatoms. The van der Waals surface area contributed by atoms with Crippen LogP contribution in [0.3, 0.4) is 0 Å². The fourth-order valence-corrected chi connectivity index (χ4v) is 2.82. The van der Waals surface area contributed by atoms with Gasteiger partial charge in [-0.15, -0.1) is 0 Å². The van der Waals surface area contributed by atoms with E-state index in [0.29, 0.717) is 5.56 Å². The molecule has 0 radical (unpaired) electrons. The summed E-state index contributed by atoms with van der Waals surface area (Å²) in [5.41, 5.74) is 0.240. The molecule has 0 saturated heterocycles. The van der Waals surface area contributed by atoms with Gasteiger partial charge in [0.25, 0.3) is 0 Å². The minimum atomic E-state index is -1.44. The second-order valence-electron chi connectivity index (χ2n) is 5.27. The Balaban J connectivity index is 2.42. The first-order chi connectivity index (χ1) is 9.70. The molecule has 112 valence electrons. The normalized spacial score (nSPS) is 14.0. The standard InChI is InChI=1S/C16H14Cl2F2O/c1-9-3-4-11(19)5-10(9)8-16(2,21)12-6-15(20)14(18)7-13(12)17/h3-7,21H,8H2,1-2H3. The molecular formula is C16H14Cl2F2O. The Kier molecular flexibility index (Phi) is 4.57. The summed E-state index contributed by atoms with van der Waals surface area (Å²) in [7, 11) is 0. The molecule has 0 amide bonds. The SMILES string of the molecule is Cc1ccc(F)cc1CC(C)(O)c1cc(F)c(Cl)cc1Cl. The van der Waals surface area contributed by atoms with Crippen molar-refractivity contribution >= 4 is 23.2 Å². The van der Waals surface area contributed by atoms with E-state index in [1.807, 2.05) is 6.92 Å². The highest BCUT2D eigenvalue weighted by molar-refractivity contribution is 6.35. The first kappa shape index (κ1) is 16.2. The third-order valence-corrected chi connectivity index (χ3v) is 4.04. The first-order valence-electron chi connectivity index (χ1n) is 6.33. The van der Waals surface area contributed by atoms with E-state index in [-0.39, 0.29) is 27.8 Å². The molecule has 1 atom stereocenters. The molecule has 0 aliphatic carbocycles. The van der Waals surface area contributed by atoms with Gasteiger partial charge in [-0.1, -0.05) is 29.3 Å². The zero-order valence-corrected chi connectivity index (χ0v) is 13.1. The maximum Gasteiger partial charge on any atom is 0.142 e. The van der Waals surface area contributed by atoms with Crippen LogP contribution in [0.2, 0.25) is 10.0 Å². The van der Waals surface area contributed by atoms with E-state index in [2.05, 4.69) is 0 Å². The van der Waals surface area contributed by atoms with Crippen molar-refractivity contribution in [3.8, 4) is 0 Å². The van der Waals surface area contributed by atoms with E-state index >= 15 is 0 Å². The highest BCUT2D eigenvalue weighted by Gasteiger charge is 2.28. The Hall–Kier alpha value is -1.16. The number of aryl methyl sites for hydroxylation is 1. The van der Waals surface area contributed by atoms with Gasteiger partial charge in [0, 0.05) is 17.0 Å². The van der Waals surface area contributed by atoms with Crippen LogP contribution in [-0.2, 0) is 12.0 Å². The summed E-state index contributed by atoms with van der Waals surface area (Å²) in [6, 6.07) is 6.69. The minimum absolute atomic E-state index is 0.109. The molecule has 1 N–H and O–H groups in total. The summed E-state index contributed by atoms with van der Waals surface area (Å²) in [4.78, 5) is 0. The fourth-order valence-electron chi connectivity index (χ4n) is 2.23. The first-order valence-corrected chi connectivity index (χ1v) is 7.09. The van der Waals surface area contributed by atoms with Gasteiger partial charge in [0.1, 0.15) is 11.6 Å². The number of hydrogen-bond acceptors (Lipinski definition) is 1. The lowest BCUT2D eigenvalue weighted by atomic mass is 9.87. The quantitative estimate of drug-likeness (QED) is 0.782. The van der Waals surface area contributed by atoms with Crippen LogP contribution in [0.25, 0.3) is 0 Å². The van der Waals surface area contributed by atoms with Crippen LogP contribution in [0.5, 0.6) is 0 Å². The van der Waals surface area contributed by atoms with Gasteiger partial charge in [-0.25, -0.2) is 8.78 Å². The molecule has 0 saturated carbocycles. The Bertz CT molecular complexity index is 684. The van der Waals surface area contributed by atoms with Gasteiger partial charge in [-0.3, -0.25) is 0 Å². The Morgan fingerprint density at radius 1 is 1.10 bits per heavy atom. The predicted octanol–water partition coefficient (Wildman–Crippen LogP) is 5.03. The number of aliphatic hydroxyl groups is 1. The van der Waals surface area contributed by atoms with E-state index in [1.165, 1.54) is 25.1 Å². The molecule has 21 heavy (non-hydrogen) atoms. The number of halogens is 4. The lowest BCUT2D eigenvalue weighted by Crippen LogP contribution is -2.25. The van der Waals surface area contributed by atoms with Gasteiger partial charge >= 0.3 is 0 Å². The molecule has 2 aromatic carbocycles. The average Bonchev–Trinajstić information content (AvgIpc) is 2.37. The van der Waals surface area contributed by atoms with Crippen LogP contribution in [0.4, 0.5) is 8.78 Å². The molecule has 0 aliphatic rings. The molecular weight excluding hydrogens is 317 g/mol. The van der Waals surface area contributed by atoms with E-state index < -0.39 is 11.4 Å². The van der Waals surface area contributed by atoms with Crippen molar-refractivity contribution in [3.05, 3.63) is 68.7 Å². The Morgan fingerprint density at radius 2 is 1.76 bits per heavy atom. The van der Waals surface area contributed by atoms with Crippen molar-refractivity contribution in [1.82, 2.24) is 0 Å². The van der Waals surface area contributed by atoms with Gasteiger partial charge in [0.05, 0.1) is 10.6 Å². The molecule has 2 rings (SSSR count). The zero-order chi connectivity index (χ0) is 15.8. The van der Waals surface area contributed by atoms with Gasteiger partial charge in [-0.05, 0) is 49.2 Å². The topological polar surface area (TPSA) is 20.2 Å². The van der Waals surface area contributed by atoms with Crippen LogP contribution >= 0.6 is 23.2 Å². The van der Waals surface area contributed by atoms with E-state index in [0.717, 1.165) is 11.6 Å². The van der Waals surface area contributed by atoms with E-state index in [4.69, 9.17) is 23.2 Å². The smallest absolute Gasteiger partial charge is 0.142 e. The predicted molar refractivity (Wildman–Crippen MR) is 80.8 cm³/mol. The van der Waals surface area contributed by atoms with Crippen molar-refractivity contribution < 1.29 is 13.9 Å². The van der Waals surface area contributed by atoms with Crippen LogP contribution in [0, 0.1) is 18.6 Å². The van der Waals surface area contributed by atoms with Crippen LogP contribution in [-0.4, -0.2) is 5.11 Å². The lowest BCUT2D eigenvalue weighted by molar-refractivity contribution is 0.0572. The molecule has 0 aromatic heterocycles. The summed E-state index contributed by atoms with van der Waals surface area (Å²) < 4.78 is 26.9. The monoisotopic (exact) mass is 330 g/mol. The third kappa shape index (κ3) is 3.54. The van der Waals surface area contributed by atoms with Gasteiger partial charge in [-0.2, -0.15) is 0 Å². The van der Waals surface area contributed by atoms with Crippen molar-refractivity contribution in [2.75, 3.05) is 0 Å².